The number of thiazole rings is 1. The third-order valence-corrected chi connectivity index (χ3v) is 6.26. The molecule has 0 atom stereocenters. The summed E-state index contributed by atoms with van der Waals surface area (Å²) in [6.45, 7) is 2.08. The Hall–Kier alpha value is -2.51. The third kappa shape index (κ3) is 2.55. The average Bonchev–Trinajstić information content (AvgIpc) is 3.25. The highest BCUT2D eigenvalue weighted by atomic mass is 32.1. The molecule has 4 heterocycles. The van der Waals surface area contributed by atoms with Crippen LogP contribution in [0.5, 0.6) is 0 Å². The third-order valence-electron chi connectivity index (χ3n) is 5.10. The Bertz CT molecular complexity index is 1170. The SMILES string of the molecule is Cn1cc2cc(-c3cnc4sc(C5CCNCC5)cn4c3=O)ccc2n1. The minimum atomic E-state index is -0.00493. The molecule has 6 nitrogen and oxygen atoms in total. The second-order valence-electron chi connectivity index (χ2n) is 6.86. The maximum atomic E-state index is 13.1. The lowest BCUT2D eigenvalue weighted by Gasteiger charge is -2.20. The van der Waals surface area contributed by atoms with Gasteiger partial charge in [-0.25, -0.2) is 4.98 Å². The molecule has 1 aromatic carbocycles. The van der Waals surface area contributed by atoms with E-state index in [9.17, 15) is 4.79 Å². The van der Waals surface area contributed by atoms with Gasteiger partial charge in [0.05, 0.1) is 11.1 Å². The zero-order chi connectivity index (χ0) is 17.7. The number of aromatic nitrogens is 4. The van der Waals surface area contributed by atoms with Crippen molar-refractivity contribution >= 4 is 27.2 Å². The summed E-state index contributed by atoms with van der Waals surface area (Å²) in [5.74, 6) is 0.526. The van der Waals surface area contributed by atoms with Crippen LogP contribution in [0.15, 0.2) is 41.6 Å². The van der Waals surface area contributed by atoms with Crippen LogP contribution in [0, 0.1) is 0 Å². The Morgan fingerprint density at radius 2 is 2.08 bits per heavy atom. The average molecular weight is 365 g/mol. The molecule has 1 N–H and O–H groups in total. The molecule has 5 rings (SSSR count). The molecule has 132 valence electrons. The zero-order valence-corrected chi connectivity index (χ0v) is 15.3. The van der Waals surface area contributed by atoms with Gasteiger partial charge in [-0.1, -0.05) is 6.07 Å². The van der Waals surface area contributed by atoms with Crippen LogP contribution in [-0.4, -0.2) is 32.3 Å². The molecule has 1 aliphatic heterocycles. The standard InChI is InChI=1S/C19H19N5OS/c1-23-10-14-8-13(2-3-16(14)22-23)15-9-21-19-24(18(15)25)11-17(26-19)12-4-6-20-7-5-12/h2-3,8-12,20H,4-7H2,1H3. The normalized spacial score (nSPS) is 15.9. The maximum Gasteiger partial charge on any atom is 0.266 e. The summed E-state index contributed by atoms with van der Waals surface area (Å²) in [6, 6.07) is 5.90. The number of fused-ring (bicyclic) bond motifs is 2. The fourth-order valence-electron chi connectivity index (χ4n) is 3.71. The molecule has 0 radical (unpaired) electrons. The van der Waals surface area contributed by atoms with Crippen LogP contribution in [0.25, 0.3) is 27.0 Å². The Balaban J connectivity index is 1.61. The number of nitrogens with one attached hydrogen (secondary N) is 1. The van der Waals surface area contributed by atoms with Gasteiger partial charge in [-0.05, 0) is 49.5 Å². The van der Waals surface area contributed by atoms with Crippen molar-refractivity contribution in [1.82, 2.24) is 24.5 Å². The van der Waals surface area contributed by atoms with Crippen LogP contribution >= 0.6 is 11.3 Å². The summed E-state index contributed by atoms with van der Waals surface area (Å²) < 4.78 is 3.50. The number of aryl methyl sites for hydroxylation is 1. The fourth-order valence-corrected chi connectivity index (χ4v) is 4.82. The molecule has 0 bridgehead atoms. The van der Waals surface area contributed by atoms with E-state index in [0.717, 1.165) is 47.4 Å². The summed E-state index contributed by atoms with van der Waals surface area (Å²) >= 11 is 1.64. The highest BCUT2D eigenvalue weighted by Crippen LogP contribution is 2.31. The minimum Gasteiger partial charge on any atom is -0.317 e. The van der Waals surface area contributed by atoms with E-state index in [4.69, 9.17) is 0 Å². The summed E-state index contributed by atoms with van der Waals surface area (Å²) in [4.78, 5) is 19.7. The highest BCUT2D eigenvalue weighted by molar-refractivity contribution is 7.17. The lowest BCUT2D eigenvalue weighted by Crippen LogP contribution is -2.26. The molecule has 7 heteroatoms. The van der Waals surface area contributed by atoms with Crippen molar-refractivity contribution < 1.29 is 0 Å². The Morgan fingerprint density at radius 1 is 1.23 bits per heavy atom. The summed E-state index contributed by atoms with van der Waals surface area (Å²) in [5, 5.41) is 8.80. The summed E-state index contributed by atoms with van der Waals surface area (Å²) in [7, 11) is 1.90. The van der Waals surface area contributed by atoms with Gasteiger partial charge in [0.1, 0.15) is 0 Å². The van der Waals surface area contributed by atoms with Crippen LogP contribution in [0.2, 0.25) is 0 Å². The molecule has 26 heavy (non-hydrogen) atoms. The van der Waals surface area contributed by atoms with Crippen molar-refractivity contribution in [3.8, 4) is 11.1 Å². The molecule has 0 aliphatic carbocycles. The summed E-state index contributed by atoms with van der Waals surface area (Å²) in [5.41, 5.74) is 2.43. The minimum absolute atomic E-state index is 0.00493. The van der Waals surface area contributed by atoms with Crippen LogP contribution in [0.1, 0.15) is 23.6 Å². The van der Waals surface area contributed by atoms with Crippen LogP contribution in [0.3, 0.4) is 0 Å². The van der Waals surface area contributed by atoms with Gasteiger partial charge in [-0.15, -0.1) is 11.3 Å². The van der Waals surface area contributed by atoms with Gasteiger partial charge in [0.2, 0.25) is 0 Å². The maximum absolute atomic E-state index is 13.1. The van der Waals surface area contributed by atoms with Gasteiger partial charge in [0.15, 0.2) is 4.96 Å². The molecule has 0 saturated carbocycles. The van der Waals surface area contributed by atoms with E-state index in [-0.39, 0.29) is 5.56 Å². The van der Waals surface area contributed by atoms with Crippen molar-refractivity contribution in [3.63, 3.8) is 0 Å². The highest BCUT2D eigenvalue weighted by Gasteiger charge is 2.19. The topological polar surface area (TPSA) is 64.2 Å². The van der Waals surface area contributed by atoms with Crippen LogP contribution in [0.4, 0.5) is 0 Å². The van der Waals surface area contributed by atoms with E-state index in [0.29, 0.717) is 11.5 Å². The lowest BCUT2D eigenvalue weighted by atomic mass is 9.97. The quantitative estimate of drug-likeness (QED) is 0.593. The molecule has 1 saturated heterocycles. The Kier molecular flexibility index (Phi) is 3.65. The van der Waals surface area contributed by atoms with E-state index in [1.165, 1.54) is 4.88 Å². The Morgan fingerprint density at radius 3 is 2.92 bits per heavy atom. The van der Waals surface area contributed by atoms with Gasteiger partial charge in [0, 0.05) is 35.9 Å². The fraction of sp³-hybridized carbons (Fsp3) is 0.316. The first-order chi connectivity index (χ1) is 12.7. The molecule has 1 aliphatic rings. The van der Waals surface area contributed by atoms with Crippen LogP contribution < -0.4 is 10.9 Å². The molecule has 1 fully saturated rings. The predicted molar refractivity (Wildman–Crippen MR) is 104 cm³/mol. The zero-order valence-electron chi connectivity index (χ0n) is 14.5. The smallest absolute Gasteiger partial charge is 0.266 e. The van der Waals surface area contributed by atoms with Crippen molar-refractivity contribution in [3.05, 3.63) is 52.0 Å². The molecule has 4 aromatic rings. The second-order valence-corrected chi connectivity index (χ2v) is 7.90. The number of hydrogen-bond donors (Lipinski definition) is 1. The first-order valence-electron chi connectivity index (χ1n) is 8.84. The van der Waals surface area contributed by atoms with Gasteiger partial charge in [-0.3, -0.25) is 13.9 Å². The predicted octanol–water partition coefficient (Wildman–Crippen LogP) is 2.78. The van der Waals surface area contributed by atoms with Gasteiger partial charge in [-0.2, -0.15) is 5.10 Å². The summed E-state index contributed by atoms with van der Waals surface area (Å²) in [6.07, 6.45) is 7.90. The molecular formula is C19H19N5OS. The van der Waals surface area contributed by atoms with Gasteiger partial charge in [0.25, 0.3) is 5.56 Å². The molecular weight excluding hydrogens is 346 g/mol. The van der Waals surface area contributed by atoms with Gasteiger partial charge >= 0.3 is 0 Å². The lowest BCUT2D eigenvalue weighted by molar-refractivity contribution is 0.464. The van der Waals surface area contributed by atoms with Gasteiger partial charge < -0.3 is 5.32 Å². The van der Waals surface area contributed by atoms with Crippen molar-refractivity contribution in [2.24, 2.45) is 7.05 Å². The number of benzene rings is 1. The number of rotatable bonds is 2. The number of nitrogens with zero attached hydrogens (tertiary/aromatic N) is 4. The van der Waals surface area contributed by atoms with Crippen molar-refractivity contribution in [2.75, 3.05) is 13.1 Å². The molecule has 0 unspecified atom stereocenters. The monoisotopic (exact) mass is 365 g/mol. The second kappa shape index (κ2) is 6.03. The first kappa shape index (κ1) is 15.7. The van der Waals surface area contributed by atoms with E-state index in [1.54, 1.807) is 26.6 Å². The molecule has 0 amide bonds. The van der Waals surface area contributed by atoms with Crippen molar-refractivity contribution in [2.45, 2.75) is 18.8 Å². The number of hydrogen-bond acceptors (Lipinski definition) is 5. The molecule has 0 spiro atoms. The van der Waals surface area contributed by atoms with E-state index in [1.807, 2.05) is 37.6 Å². The largest absolute Gasteiger partial charge is 0.317 e. The van der Waals surface area contributed by atoms with E-state index >= 15 is 0 Å². The molecule has 3 aromatic heterocycles. The number of piperidine rings is 1. The van der Waals surface area contributed by atoms with E-state index in [2.05, 4.69) is 15.4 Å². The van der Waals surface area contributed by atoms with E-state index < -0.39 is 0 Å². The first-order valence-corrected chi connectivity index (χ1v) is 9.66. The van der Waals surface area contributed by atoms with Crippen LogP contribution in [-0.2, 0) is 7.05 Å². The van der Waals surface area contributed by atoms with Crippen molar-refractivity contribution in [1.29, 1.82) is 0 Å². The Labute approximate surface area is 154 Å².